The lowest BCUT2D eigenvalue weighted by atomic mass is 10.1. The molecule has 1 saturated heterocycles. The van der Waals surface area contributed by atoms with Crippen molar-refractivity contribution in [3.63, 3.8) is 0 Å². The first-order chi connectivity index (χ1) is 7.15. The van der Waals surface area contributed by atoms with Crippen molar-refractivity contribution in [2.45, 2.75) is 38.3 Å². The number of hydrogen-bond acceptors (Lipinski definition) is 3. The van der Waals surface area contributed by atoms with Crippen LogP contribution in [0.25, 0.3) is 0 Å². The number of carbonyl (C=O) groups is 1. The van der Waals surface area contributed by atoms with Gasteiger partial charge in [-0.15, -0.1) is 0 Å². The third-order valence-corrected chi connectivity index (χ3v) is 3.34. The van der Waals surface area contributed by atoms with E-state index >= 15 is 0 Å². The van der Waals surface area contributed by atoms with Crippen LogP contribution in [-0.4, -0.2) is 42.5 Å². The van der Waals surface area contributed by atoms with Gasteiger partial charge in [-0.05, 0) is 18.8 Å². The van der Waals surface area contributed by atoms with E-state index in [2.05, 4.69) is 17.1 Å². The lowest BCUT2D eigenvalue weighted by Gasteiger charge is -2.14. The van der Waals surface area contributed by atoms with Crippen LogP contribution in [0, 0.1) is 5.92 Å². The molecule has 3 N–H and O–H groups in total. The molecule has 1 heterocycles. The summed E-state index contributed by atoms with van der Waals surface area (Å²) in [5, 5.41) is 3.00. The molecule has 0 aromatic heterocycles. The molecule has 15 heavy (non-hydrogen) atoms. The van der Waals surface area contributed by atoms with E-state index < -0.39 is 0 Å². The highest BCUT2D eigenvalue weighted by atomic mass is 16.1. The summed E-state index contributed by atoms with van der Waals surface area (Å²) in [4.78, 5) is 13.7. The molecule has 4 nitrogen and oxygen atoms in total. The zero-order valence-electron chi connectivity index (χ0n) is 9.41. The van der Waals surface area contributed by atoms with Crippen LogP contribution >= 0.6 is 0 Å². The van der Waals surface area contributed by atoms with Gasteiger partial charge in [-0.1, -0.05) is 6.92 Å². The molecule has 2 fully saturated rings. The highest BCUT2D eigenvalue weighted by Gasteiger charge is 2.27. The van der Waals surface area contributed by atoms with Gasteiger partial charge in [0.1, 0.15) is 0 Å². The predicted octanol–water partition coefficient (Wildman–Crippen LogP) is -0.0659. The Morgan fingerprint density at radius 3 is 2.73 bits per heavy atom. The van der Waals surface area contributed by atoms with Crippen molar-refractivity contribution in [2.24, 2.45) is 11.7 Å². The second-order valence-electron chi connectivity index (χ2n) is 4.99. The highest BCUT2D eigenvalue weighted by molar-refractivity contribution is 5.76. The average molecular weight is 211 g/mol. The first-order valence-corrected chi connectivity index (χ1v) is 5.92. The summed E-state index contributed by atoms with van der Waals surface area (Å²) in [6, 6.07) is 0.772. The summed E-state index contributed by atoms with van der Waals surface area (Å²) in [7, 11) is 0. The van der Waals surface area contributed by atoms with E-state index in [1.54, 1.807) is 0 Å². The van der Waals surface area contributed by atoms with Crippen LogP contribution in [0.3, 0.4) is 0 Å². The molecule has 4 heteroatoms. The normalized spacial score (nSPS) is 31.9. The van der Waals surface area contributed by atoms with E-state index in [0.29, 0.717) is 18.4 Å². The van der Waals surface area contributed by atoms with Crippen LogP contribution in [0.1, 0.15) is 26.2 Å². The predicted molar refractivity (Wildman–Crippen MR) is 59.4 cm³/mol. The number of hydrogen-bond donors (Lipinski definition) is 2. The Morgan fingerprint density at radius 1 is 1.47 bits per heavy atom. The lowest BCUT2D eigenvalue weighted by Crippen LogP contribution is -2.32. The molecule has 0 aromatic rings. The first-order valence-electron chi connectivity index (χ1n) is 5.92. The molecule has 0 spiro atoms. The molecule has 2 atom stereocenters. The van der Waals surface area contributed by atoms with Gasteiger partial charge in [0.25, 0.3) is 0 Å². The van der Waals surface area contributed by atoms with Gasteiger partial charge in [0.05, 0.1) is 0 Å². The molecular weight excluding hydrogens is 190 g/mol. The van der Waals surface area contributed by atoms with E-state index in [1.807, 2.05) is 0 Å². The maximum atomic E-state index is 11.4. The quantitative estimate of drug-likeness (QED) is 0.684. The molecule has 1 aliphatic heterocycles. The van der Waals surface area contributed by atoms with Gasteiger partial charge in [-0.2, -0.15) is 0 Å². The minimum Gasteiger partial charge on any atom is -0.353 e. The number of nitrogens with two attached hydrogens (primary N) is 1. The Morgan fingerprint density at radius 2 is 2.20 bits per heavy atom. The minimum absolute atomic E-state index is 0.200. The lowest BCUT2D eigenvalue weighted by molar-refractivity contribution is -0.121. The van der Waals surface area contributed by atoms with E-state index in [0.717, 1.165) is 32.5 Å². The number of nitrogens with zero attached hydrogens (tertiary/aromatic N) is 1. The second-order valence-corrected chi connectivity index (χ2v) is 4.99. The molecule has 1 amide bonds. The summed E-state index contributed by atoms with van der Waals surface area (Å²) >= 11 is 0. The van der Waals surface area contributed by atoms with Gasteiger partial charge in [0.15, 0.2) is 0 Å². The van der Waals surface area contributed by atoms with Crippen LogP contribution in [0.15, 0.2) is 0 Å². The minimum atomic E-state index is 0.200. The number of amides is 1. The number of carbonyl (C=O) groups excluding carboxylic acids is 1. The first kappa shape index (κ1) is 10.9. The Hall–Kier alpha value is -0.610. The van der Waals surface area contributed by atoms with Crippen molar-refractivity contribution in [3.8, 4) is 0 Å². The summed E-state index contributed by atoms with van der Waals surface area (Å²) in [5.41, 5.74) is 5.92. The molecule has 86 valence electrons. The third-order valence-electron chi connectivity index (χ3n) is 3.34. The van der Waals surface area contributed by atoms with E-state index in [9.17, 15) is 4.79 Å². The number of rotatable bonds is 4. The van der Waals surface area contributed by atoms with Gasteiger partial charge in [0, 0.05) is 38.1 Å². The van der Waals surface area contributed by atoms with Gasteiger partial charge in [-0.25, -0.2) is 0 Å². The molecule has 1 saturated carbocycles. The smallest absolute Gasteiger partial charge is 0.221 e. The summed E-state index contributed by atoms with van der Waals surface area (Å²) in [6.45, 7) is 5.02. The topological polar surface area (TPSA) is 58.4 Å². The van der Waals surface area contributed by atoms with Crippen molar-refractivity contribution < 1.29 is 4.79 Å². The summed E-state index contributed by atoms with van der Waals surface area (Å²) in [5.74, 6) is 0.766. The molecule has 2 aliphatic rings. The Kier molecular flexibility index (Phi) is 3.26. The fourth-order valence-corrected chi connectivity index (χ4v) is 2.07. The van der Waals surface area contributed by atoms with Crippen molar-refractivity contribution in [1.29, 1.82) is 0 Å². The molecule has 0 radical (unpaired) electrons. The van der Waals surface area contributed by atoms with E-state index in [1.165, 1.54) is 0 Å². The monoisotopic (exact) mass is 211 g/mol. The van der Waals surface area contributed by atoms with Crippen molar-refractivity contribution in [3.05, 3.63) is 0 Å². The maximum Gasteiger partial charge on any atom is 0.221 e. The van der Waals surface area contributed by atoms with Crippen LogP contribution in [0.5, 0.6) is 0 Å². The van der Waals surface area contributed by atoms with Gasteiger partial charge < -0.3 is 16.0 Å². The SMILES string of the molecule is CC1CN(CCC(=O)NC2CC2)CC1N. The van der Waals surface area contributed by atoms with Gasteiger partial charge in [0.2, 0.25) is 5.91 Å². The van der Waals surface area contributed by atoms with Crippen molar-refractivity contribution in [1.82, 2.24) is 10.2 Å². The zero-order chi connectivity index (χ0) is 10.8. The molecule has 0 aromatic carbocycles. The fraction of sp³-hybridized carbons (Fsp3) is 0.909. The number of nitrogens with one attached hydrogen (secondary N) is 1. The third kappa shape index (κ3) is 3.18. The van der Waals surface area contributed by atoms with E-state index in [4.69, 9.17) is 5.73 Å². The zero-order valence-corrected chi connectivity index (χ0v) is 9.41. The van der Waals surface area contributed by atoms with Crippen molar-refractivity contribution in [2.75, 3.05) is 19.6 Å². The Labute approximate surface area is 91.2 Å². The van der Waals surface area contributed by atoms with Crippen molar-refractivity contribution >= 4 is 5.91 Å². The van der Waals surface area contributed by atoms with Crippen LogP contribution < -0.4 is 11.1 Å². The Bertz CT molecular complexity index is 230. The largest absolute Gasteiger partial charge is 0.353 e. The standard InChI is InChI=1S/C11H21N3O/c1-8-6-14(7-10(8)12)5-4-11(15)13-9-2-3-9/h8-10H,2-7,12H2,1H3,(H,13,15). The molecular formula is C11H21N3O. The van der Waals surface area contributed by atoms with Gasteiger partial charge >= 0.3 is 0 Å². The fourth-order valence-electron chi connectivity index (χ4n) is 2.07. The molecule has 2 unspecified atom stereocenters. The average Bonchev–Trinajstić information content (AvgIpc) is 2.92. The Balaban J connectivity index is 1.62. The molecule has 2 rings (SSSR count). The summed E-state index contributed by atoms with van der Waals surface area (Å²) in [6.07, 6.45) is 2.95. The summed E-state index contributed by atoms with van der Waals surface area (Å²) < 4.78 is 0. The highest BCUT2D eigenvalue weighted by Crippen LogP contribution is 2.19. The molecule has 1 aliphatic carbocycles. The van der Waals surface area contributed by atoms with Crippen LogP contribution in [0.2, 0.25) is 0 Å². The van der Waals surface area contributed by atoms with Gasteiger partial charge in [-0.3, -0.25) is 4.79 Å². The van der Waals surface area contributed by atoms with Crippen LogP contribution in [-0.2, 0) is 4.79 Å². The van der Waals surface area contributed by atoms with E-state index in [-0.39, 0.29) is 11.9 Å². The number of likely N-dealkylation sites (tertiary alicyclic amines) is 1. The maximum absolute atomic E-state index is 11.4. The molecule has 0 bridgehead atoms. The second kappa shape index (κ2) is 4.49. The van der Waals surface area contributed by atoms with Crippen LogP contribution in [0.4, 0.5) is 0 Å².